The van der Waals surface area contributed by atoms with Crippen LogP contribution in [0.2, 0.25) is 5.02 Å². The molecular formula is C22H22ClN5O2. The molecule has 4 heterocycles. The van der Waals surface area contributed by atoms with Crippen LogP contribution in [0.1, 0.15) is 41.9 Å². The smallest absolute Gasteiger partial charge is 0.199 e. The highest BCUT2D eigenvalue weighted by molar-refractivity contribution is 6.31. The molecule has 154 valence electrons. The van der Waals surface area contributed by atoms with E-state index in [2.05, 4.69) is 14.9 Å². The molecule has 2 aliphatic heterocycles. The van der Waals surface area contributed by atoms with Crippen molar-refractivity contribution in [2.45, 2.75) is 38.8 Å². The molecule has 0 atom stereocenters. The van der Waals surface area contributed by atoms with Crippen LogP contribution in [0, 0.1) is 0 Å². The van der Waals surface area contributed by atoms with Crippen LogP contribution in [-0.4, -0.2) is 33.7 Å². The minimum atomic E-state index is -0.135. The molecule has 5 rings (SSSR count). The van der Waals surface area contributed by atoms with E-state index in [0.717, 1.165) is 61.6 Å². The average molecular weight is 424 g/mol. The van der Waals surface area contributed by atoms with E-state index in [0.29, 0.717) is 34.6 Å². The van der Waals surface area contributed by atoms with Gasteiger partial charge in [-0.15, -0.1) is 0 Å². The van der Waals surface area contributed by atoms with Crippen molar-refractivity contribution in [2.75, 3.05) is 18.8 Å². The Morgan fingerprint density at radius 3 is 2.97 bits per heavy atom. The summed E-state index contributed by atoms with van der Waals surface area (Å²) < 4.78 is 5.68. The minimum Gasteiger partial charge on any atom is -0.440 e. The summed E-state index contributed by atoms with van der Waals surface area (Å²) in [6.45, 7) is 2.71. The van der Waals surface area contributed by atoms with Gasteiger partial charge in [-0.1, -0.05) is 11.6 Å². The normalized spacial score (nSPS) is 17.0. The van der Waals surface area contributed by atoms with E-state index in [9.17, 15) is 4.79 Å². The lowest BCUT2D eigenvalue weighted by Crippen LogP contribution is -2.33. The maximum absolute atomic E-state index is 13.0. The number of hydrogen-bond acceptors (Lipinski definition) is 7. The average Bonchev–Trinajstić information content (AvgIpc) is 2.77. The molecule has 0 amide bonds. The van der Waals surface area contributed by atoms with Gasteiger partial charge in [0.1, 0.15) is 5.58 Å². The lowest BCUT2D eigenvalue weighted by Gasteiger charge is -2.28. The molecule has 3 aromatic rings. The fraction of sp³-hybridized carbons (Fsp3) is 0.364. The summed E-state index contributed by atoms with van der Waals surface area (Å²) in [6.07, 6.45) is 5.93. The molecule has 0 bridgehead atoms. The predicted molar refractivity (Wildman–Crippen MR) is 117 cm³/mol. The van der Waals surface area contributed by atoms with Gasteiger partial charge in [-0.2, -0.15) is 0 Å². The Bertz CT molecular complexity index is 1220. The molecule has 0 unspecified atom stereocenters. The van der Waals surface area contributed by atoms with Crippen LogP contribution in [0.3, 0.4) is 0 Å². The first kappa shape index (κ1) is 19.2. The zero-order chi connectivity index (χ0) is 20.7. The first-order chi connectivity index (χ1) is 14.6. The fourth-order valence-electron chi connectivity index (χ4n) is 4.12. The second-order valence-corrected chi connectivity index (χ2v) is 8.26. The molecule has 0 fully saturated rings. The summed E-state index contributed by atoms with van der Waals surface area (Å²) in [5, 5.41) is 0.943. The molecule has 0 aliphatic carbocycles. The maximum atomic E-state index is 13.0. The zero-order valence-electron chi connectivity index (χ0n) is 16.5. The number of nitrogen functional groups attached to an aromatic ring is 1. The van der Waals surface area contributed by atoms with Gasteiger partial charge in [0.2, 0.25) is 0 Å². The first-order valence-corrected chi connectivity index (χ1v) is 10.6. The summed E-state index contributed by atoms with van der Waals surface area (Å²) in [5.41, 5.74) is 10.0. The van der Waals surface area contributed by atoms with Gasteiger partial charge in [0, 0.05) is 49.4 Å². The molecule has 2 aliphatic rings. The Hall–Kier alpha value is -2.77. The van der Waals surface area contributed by atoms with Crippen molar-refractivity contribution in [3.8, 4) is 0 Å². The molecule has 2 aromatic heterocycles. The number of rotatable bonds is 3. The molecule has 0 saturated heterocycles. The first-order valence-electron chi connectivity index (χ1n) is 10.2. The Labute approximate surface area is 178 Å². The summed E-state index contributed by atoms with van der Waals surface area (Å²) in [6, 6.07) is 4.98. The predicted octanol–water partition coefficient (Wildman–Crippen LogP) is 3.35. The van der Waals surface area contributed by atoms with Gasteiger partial charge in [-0.3, -0.25) is 14.7 Å². The highest BCUT2D eigenvalue weighted by atomic mass is 35.5. The summed E-state index contributed by atoms with van der Waals surface area (Å²) in [4.78, 5) is 29.1. The van der Waals surface area contributed by atoms with Gasteiger partial charge in [0.05, 0.1) is 22.4 Å². The third-order valence-electron chi connectivity index (χ3n) is 5.75. The second-order valence-electron chi connectivity index (χ2n) is 7.83. The van der Waals surface area contributed by atoms with Gasteiger partial charge in [-0.25, -0.2) is 9.97 Å². The largest absolute Gasteiger partial charge is 0.440 e. The van der Waals surface area contributed by atoms with E-state index < -0.39 is 0 Å². The van der Waals surface area contributed by atoms with Crippen LogP contribution in [0.4, 0.5) is 5.88 Å². The lowest BCUT2D eigenvalue weighted by molar-refractivity contribution is 0.241. The molecule has 7 nitrogen and oxygen atoms in total. The van der Waals surface area contributed by atoms with Crippen molar-refractivity contribution >= 4 is 34.2 Å². The summed E-state index contributed by atoms with van der Waals surface area (Å²) in [7, 11) is 0. The number of aliphatic imine (C=N–C) groups is 1. The molecule has 0 spiro atoms. The maximum Gasteiger partial charge on any atom is 0.199 e. The van der Waals surface area contributed by atoms with E-state index in [1.807, 2.05) is 6.20 Å². The Morgan fingerprint density at radius 1 is 1.23 bits per heavy atom. The summed E-state index contributed by atoms with van der Waals surface area (Å²) >= 11 is 6.06. The van der Waals surface area contributed by atoms with Crippen molar-refractivity contribution in [3.05, 3.63) is 62.3 Å². The van der Waals surface area contributed by atoms with Crippen LogP contribution >= 0.6 is 11.6 Å². The number of benzene rings is 1. The van der Waals surface area contributed by atoms with Gasteiger partial charge < -0.3 is 10.2 Å². The number of aromatic nitrogens is 2. The molecular weight excluding hydrogens is 402 g/mol. The number of hydrogen-bond donors (Lipinski definition) is 1. The van der Waals surface area contributed by atoms with E-state index in [1.54, 1.807) is 18.2 Å². The van der Waals surface area contributed by atoms with Gasteiger partial charge in [0.15, 0.2) is 17.1 Å². The molecule has 1 aromatic carbocycles. The van der Waals surface area contributed by atoms with E-state index >= 15 is 0 Å². The topological polar surface area (TPSA) is 97.6 Å². The third kappa shape index (κ3) is 3.59. The minimum absolute atomic E-state index is 0.135. The van der Waals surface area contributed by atoms with Crippen molar-refractivity contribution in [3.63, 3.8) is 0 Å². The highest BCUT2D eigenvalue weighted by Crippen LogP contribution is 2.24. The Balaban J connectivity index is 1.39. The van der Waals surface area contributed by atoms with Crippen LogP contribution in [0.25, 0.3) is 11.0 Å². The van der Waals surface area contributed by atoms with Crippen LogP contribution in [0.15, 0.2) is 38.6 Å². The van der Waals surface area contributed by atoms with Gasteiger partial charge in [-0.05, 0) is 37.5 Å². The van der Waals surface area contributed by atoms with Crippen LogP contribution in [-0.2, 0) is 19.5 Å². The molecule has 2 N–H and O–H groups in total. The number of nitrogens with zero attached hydrogens (tertiary/aromatic N) is 4. The quantitative estimate of drug-likeness (QED) is 0.693. The van der Waals surface area contributed by atoms with Crippen LogP contribution < -0.4 is 11.2 Å². The van der Waals surface area contributed by atoms with Gasteiger partial charge >= 0.3 is 0 Å². The second kappa shape index (κ2) is 7.81. The van der Waals surface area contributed by atoms with Crippen molar-refractivity contribution in [1.82, 2.24) is 14.9 Å². The number of fused-ring (bicyclic) bond motifs is 2. The SMILES string of the molecule is Nc1oc2ccc(Cl)cc2c(=O)c1CN1CCc2nc(C3=NCCCC3)ncc2C1. The zero-order valence-corrected chi connectivity index (χ0v) is 17.3. The lowest BCUT2D eigenvalue weighted by atomic mass is 10.0. The summed E-state index contributed by atoms with van der Waals surface area (Å²) in [5.74, 6) is 0.917. The monoisotopic (exact) mass is 423 g/mol. The fourth-order valence-corrected chi connectivity index (χ4v) is 4.30. The van der Waals surface area contributed by atoms with Crippen molar-refractivity contribution < 1.29 is 4.42 Å². The van der Waals surface area contributed by atoms with E-state index in [4.69, 9.17) is 26.7 Å². The molecule has 0 saturated carbocycles. The Morgan fingerprint density at radius 2 is 2.13 bits per heavy atom. The van der Waals surface area contributed by atoms with E-state index in [-0.39, 0.29) is 11.3 Å². The van der Waals surface area contributed by atoms with Crippen molar-refractivity contribution in [2.24, 2.45) is 4.99 Å². The standard InChI is InChI=1S/C22H22ClN5O2/c23-14-4-5-19-15(9-14)20(29)16(21(24)30-19)12-28-8-6-17-13(11-28)10-26-22(27-17)18-3-1-2-7-25-18/h4-5,9-10H,1-3,6-8,11-12,24H2. The number of nitrogens with two attached hydrogens (primary N) is 1. The third-order valence-corrected chi connectivity index (χ3v) is 5.99. The molecule has 0 radical (unpaired) electrons. The molecule has 30 heavy (non-hydrogen) atoms. The van der Waals surface area contributed by atoms with Gasteiger partial charge in [0.25, 0.3) is 0 Å². The number of anilines is 1. The number of halogens is 1. The van der Waals surface area contributed by atoms with Crippen molar-refractivity contribution in [1.29, 1.82) is 0 Å². The van der Waals surface area contributed by atoms with E-state index in [1.165, 1.54) is 0 Å². The molecule has 8 heteroatoms. The highest BCUT2D eigenvalue weighted by Gasteiger charge is 2.23. The van der Waals surface area contributed by atoms with Crippen LogP contribution in [0.5, 0.6) is 0 Å². The Kier molecular flexibility index (Phi) is 5.00.